The molecule has 0 heterocycles. The van der Waals surface area contributed by atoms with E-state index in [1.807, 2.05) is 19.1 Å². The summed E-state index contributed by atoms with van der Waals surface area (Å²) in [7, 11) is -1.22. The van der Waals surface area contributed by atoms with Crippen LogP contribution in [0.5, 0.6) is 0 Å². The molecule has 0 saturated carbocycles. The Labute approximate surface area is 147 Å². The quantitative estimate of drug-likeness (QED) is 0.372. The molecule has 0 spiro atoms. The Morgan fingerprint density at radius 1 is 0.667 bits per heavy atom. The maximum Gasteiger partial charge on any atom is 0.332 e. The second-order valence-electron chi connectivity index (χ2n) is 5.49. The van der Waals surface area contributed by atoms with Crippen molar-refractivity contribution >= 4 is 8.60 Å². The van der Waals surface area contributed by atoms with Crippen molar-refractivity contribution in [2.75, 3.05) is 19.8 Å². The van der Waals surface area contributed by atoms with Gasteiger partial charge in [0.2, 0.25) is 0 Å². The molecular weight excluding hydrogens is 319 g/mol. The molecule has 0 unspecified atom stereocenters. The van der Waals surface area contributed by atoms with Crippen LogP contribution in [0.3, 0.4) is 0 Å². The number of aryl methyl sites for hydroxylation is 2. The lowest BCUT2D eigenvalue weighted by atomic mass is 10.1. The van der Waals surface area contributed by atoms with Crippen LogP contribution in [0.1, 0.15) is 30.9 Å². The normalized spacial score (nSPS) is 11.1. The predicted molar refractivity (Wildman–Crippen MR) is 100.0 cm³/mol. The zero-order chi connectivity index (χ0) is 16.9. The van der Waals surface area contributed by atoms with E-state index < -0.39 is 8.60 Å². The number of rotatable bonds is 12. The zero-order valence-corrected chi connectivity index (χ0v) is 15.3. The van der Waals surface area contributed by atoms with Crippen LogP contribution in [-0.2, 0) is 26.4 Å². The van der Waals surface area contributed by atoms with Crippen molar-refractivity contribution in [3.63, 3.8) is 0 Å². The molecule has 0 aliphatic rings. The molecule has 3 nitrogen and oxygen atoms in total. The molecule has 0 aromatic heterocycles. The SMILES string of the molecule is CCOP(OCCCc1ccccc1)OCCCc1ccccc1. The molecule has 2 rings (SSSR count). The number of benzene rings is 2. The Kier molecular flexibility index (Phi) is 9.67. The number of hydrogen-bond donors (Lipinski definition) is 0. The van der Waals surface area contributed by atoms with E-state index in [1.54, 1.807) is 0 Å². The van der Waals surface area contributed by atoms with E-state index in [0.717, 1.165) is 25.7 Å². The van der Waals surface area contributed by atoms with Gasteiger partial charge in [-0.25, -0.2) is 0 Å². The van der Waals surface area contributed by atoms with Crippen molar-refractivity contribution in [1.29, 1.82) is 0 Å². The summed E-state index contributed by atoms with van der Waals surface area (Å²) in [6, 6.07) is 20.9. The van der Waals surface area contributed by atoms with Gasteiger partial charge in [-0.15, -0.1) is 0 Å². The van der Waals surface area contributed by atoms with Gasteiger partial charge < -0.3 is 13.6 Å². The molecular formula is C20H27O3P. The van der Waals surface area contributed by atoms with E-state index in [-0.39, 0.29) is 0 Å². The van der Waals surface area contributed by atoms with Crippen molar-refractivity contribution in [3.05, 3.63) is 71.8 Å². The van der Waals surface area contributed by atoms with Crippen LogP contribution in [0, 0.1) is 0 Å². The minimum absolute atomic E-state index is 0.614. The Morgan fingerprint density at radius 2 is 1.12 bits per heavy atom. The first kappa shape index (κ1) is 19.1. The molecule has 0 radical (unpaired) electrons. The molecule has 0 amide bonds. The Morgan fingerprint density at radius 3 is 1.54 bits per heavy atom. The van der Waals surface area contributed by atoms with E-state index in [9.17, 15) is 0 Å². The lowest BCUT2D eigenvalue weighted by Gasteiger charge is -2.16. The van der Waals surface area contributed by atoms with Crippen LogP contribution in [0.2, 0.25) is 0 Å². The van der Waals surface area contributed by atoms with Crippen LogP contribution in [0.25, 0.3) is 0 Å². The first-order valence-corrected chi connectivity index (χ1v) is 9.74. The van der Waals surface area contributed by atoms with E-state index in [1.165, 1.54) is 11.1 Å². The first-order valence-electron chi connectivity index (χ1n) is 8.65. The number of hydrogen-bond acceptors (Lipinski definition) is 3. The standard InChI is InChI=1S/C20H27O3P/c1-2-21-24(22-17-9-15-19-11-5-3-6-12-19)23-18-10-16-20-13-7-4-8-14-20/h3-8,11-14H,2,9-10,15-18H2,1H3. The summed E-state index contributed by atoms with van der Waals surface area (Å²) in [5, 5.41) is 0. The van der Waals surface area contributed by atoms with E-state index in [2.05, 4.69) is 48.5 Å². The average Bonchev–Trinajstić information content (AvgIpc) is 2.64. The van der Waals surface area contributed by atoms with Crippen LogP contribution < -0.4 is 0 Å². The van der Waals surface area contributed by atoms with Crippen molar-refractivity contribution in [2.45, 2.75) is 32.6 Å². The molecule has 4 heteroatoms. The highest BCUT2D eigenvalue weighted by molar-refractivity contribution is 7.41. The Bertz CT molecular complexity index is 486. The third-order valence-electron chi connectivity index (χ3n) is 3.53. The van der Waals surface area contributed by atoms with Gasteiger partial charge in [-0.2, -0.15) is 0 Å². The summed E-state index contributed by atoms with van der Waals surface area (Å²) >= 11 is 0. The molecule has 0 N–H and O–H groups in total. The second-order valence-corrected chi connectivity index (χ2v) is 6.71. The monoisotopic (exact) mass is 346 g/mol. The van der Waals surface area contributed by atoms with Gasteiger partial charge >= 0.3 is 8.60 Å². The smallest absolute Gasteiger partial charge is 0.313 e. The molecule has 0 atom stereocenters. The van der Waals surface area contributed by atoms with Crippen LogP contribution in [-0.4, -0.2) is 19.8 Å². The van der Waals surface area contributed by atoms with E-state index >= 15 is 0 Å². The van der Waals surface area contributed by atoms with Gasteiger partial charge in [-0.3, -0.25) is 0 Å². The highest BCUT2D eigenvalue weighted by Crippen LogP contribution is 2.39. The molecule has 2 aromatic rings. The van der Waals surface area contributed by atoms with Crippen molar-refractivity contribution in [3.8, 4) is 0 Å². The predicted octanol–water partition coefficient (Wildman–Crippen LogP) is 5.55. The summed E-state index contributed by atoms with van der Waals surface area (Å²) in [6.07, 6.45) is 3.99. The minimum atomic E-state index is -1.22. The third kappa shape index (κ3) is 8.03. The van der Waals surface area contributed by atoms with Gasteiger partial charge in [0.25, 0.3) is 0 Å². The van der Waals surface area contributed by atoms with Gasteiger partial charge in [0, 0.05) is 0 Å². The molecule has 0 saturated heterocycles. The summed E-state index contributed by atoms with van der Waals surface area (Å²) in [5.74, 6) is 0. The summed E-state index contributed by atoms with van der Waals surface area (Å²) in [6.45, 7) is 3.91. The lowest BCUT2D eigenvalue weighted by Crippen LogP contribution is -2.00. The summed E-state index contributed by atoms with van der Waals surface area (Å²) in [5.41, 5.74) is 2.68. The van der Waals surface area contributed by atoms with Gasteiger partial charge in [0.1, 0.15) is 0 Å². The maximum absolute atomic E-state index is 5.78. The van der Waals surface area contributed by atoms with Gasteiger partial charge in [0.15, 0.2) is 0 Å². The van der Waals surface area contributed by atoms with Crippen molar-refractivity contribution < 1.29 is 13.6 Å². The third-order valence-corrected chi connectivity index (χ3v) is 4.79. The first-order chi connectivity index (χ1) is 11.9. The largest absolute Gasteiger partial charge is 0.332 e. The molecule has 0 bridgehead atoms. The van der Waals surface area contributed by atoms with Crippen molar-refractivity contribution in [2.24, 2.45) is 0 Å². The fourth-order valence-electron chi connectivity index (χ4n) is 2.34. The fourth-order valence-corrected chi connectivity index (χ4v) is 3.33. The zero-order valence-electron chi connectivity index (χ0n) is 14.4. The Hall–Kier alpha value is -1.25. The summed E-state index contributed by atoms with van der Waals surface area (Å²) < 4.78 is 17.1. The molecule has 0 aliphatic carbocycles. The fraction of sp³-hybridized carbons (Fsp3) is 0.400. The Balaban J connectivity index is 1.58. The lowest BCUT2D eigenvalue weighted by molar-refractivity contribution is 0.162. The minimum Gasteiger partial charge on any atom is -0.313 e. The average molecular weight is 346 g/mol. The molecule has 0 fully saturated rings. The topological polar surface area (TPSA) is 27.7 Å². The van der Waals surface area contributed by atoms with Crippen molar-refractivity contribution in [1.82, 2.24) is 0 Å². The highest BCUT2D eigenvalue weighted by Gasteiger charge is 2.11. The van der Waals surface area contributed by atoms with Gasteiger partial charge in [0.05, 0.1) is 19.8 Å². The second kappa shape index (κ2) is 12.2. The van der Waals surface area contributed by atoms with Crippen LogP contribution >= 0.6 is 8.60 Å². The van der Waals surface area contributed by atoms with Gasteiger partial charge in [-0.05, 0) is 43.7 Å². The molecule has 0 aliphatic heterocycles. The van der Waals surface area contributed by atoms with Crippen LogP contribution in [0.15, 0.2) is 60.7 Å². The maximum atomic E-state index is 5.78. The van der Waals surface area contributed by atoms with Gasteiger partial charge in [-0.1, -0.05) is 60.7 Å². The molecule has 130 valence electrons. The van der Waals surface area contributed by atoms with E-state index in [0.29, 0.717) is 19.8 Å². The highest BCUT2D eigenvalue weighted by atomic mass is 31.2. The molecule has 24 heavy (non-hydrogen) atoms. The van der Waals surface area contributed by atoms with Crippen LogP contribution in [0.4, 0.5) is 0 Å². The van der Waals surface area contributed by atoms with E-state index in [4.69, 9.17) is 13.6 Å². The summed E-state index contributed by atoms with van der Waals surface area (Å²) in [4.78, 5) is 0. The molecule has 2 aromatic carbocycles.